The summed E-state index contributed by atoms with van der Waals surface area (Å²) >= 11 is 0. The number of piperidine rings is 1. The number of hydrogen-bond acceptors (Lipinski definition) is 3. The SMILES string of the molecule is CNCC1CCCN(CCOCC(F)F)C1.Cl. The van der Waals surface area contributed by atoms with E-state index in [0.29, 0.717) is 12.5 Å². The molecule has 1 heterocycles. The number of nitrogens with one attached hydrogen (secondary N) is 1. The van der Waals surface area contributed by atoms with E-state index in [1.165, 1.54) is 12.8 Å². The van der Waals surface area contributed by atoms with E-state index >= 15 is 0 Å². The zero-order chi connectivity index (χ0) is 11.8. The molecule has 1 saturated heterocycles. The van der Waals surface area contributed by atoms with Crippen LogP contribution in [0, 0.1) is 5.92 Å². The fourth-order valence-electron chi connectivity index (χ4n) is 2.18. The van der Waals surface area contributed by atoms with Crippen molar-refractivity contribution in [2.24, 2.45) is 5.92 Å². The van der Waals surface area contributed by atoms with Gasteiger partial charge in [-0.25, -0.2) is 8.78 Å². The van der Waals surface area contributed by atoms with Crippen molar-refractivity contribution in [3.8, 4) is 0 Å². The maximum absolute atomic E-state index is 11.8. The number of halogens is 3. The third-order valence-corrected chi connectivity index (χ3v) is 2.89. The molecule has 0 aliphatic carbocycles. The van der Waals surface area contributed by atoms with Gasteiger partial charge in [0.1, 0.15) is 6.61 Å². The molecule has 17 heavy (non-hydrogen) atoms. The lowest BCUT2D eigenvalue weighted by Crippen LogP contribution is -2.40. The Morgan fingerprint density at radius 2 is 2.24 bits per heavy atom. The van der Waals surface area contributed by atoms with E-state index in [0.717, 1.165) is 26.2 Å². The number of rotatable bonds is 7. The summed E-state index contributed by atoms with van der Waals surface area (Å²) in [6, 6.07) is 0. The van der Waals surface area contributed by atoms with Crippen LogP contribution in [0.4, 0.5) is 8.78 Å². The normalized spacial score (nSPS) is 21.5. The van der Waals surface area contributed by atoms with E-state index in [2.05, 4.69) is 10.2 Å². The summed E-state index contributed by atoms with van der Waals surface area (Å²) in [5, 5.41) is 3.18. The Balaban J connectivity index is 0.00000256. The van der Waals surface area contributed by atoms with Crippen LogP contribution in [0.2, 0.25) is 0 Å². The van der Waals surface area contributed by atoms with Crippen molar-refractivity contribution in [3.05, 3.63) is 0 Å². The molecular formula is C11H23ClF2N2O. The molecular weight excluding hydrogens is 250 g/mol. The fourth-order valence-corrected chi connectivity index (χ4v) is 2.18. The second-order valence-corrected chi connectivity index (χ2v) is 4.33. The smallest absolute Gasteiger partial charge is 0.261 e. The van der Waals surface area contributed by atoms with Crippen LogP contribution in [0.15, 0.2) is 0 Å². The van der Waals surface area contributed by atoms with Crippen LogP contribution >= 0.6 is 12.4 Å². The summed E-state index contributed by atoms with van der Waals surface area (Å²) < 4.78 is 28.5. The average Bonchev–Trinajstić information content (AvgIpc) is 2.25. The largest absolute Gasteiger partial charge is 0.374 e. The molecule has 104 valence electrons. The van der Waals surface area contributed by atoms with Crippen molar-refractivity contribution in [2.75, 3.05) is 46.4 Å². The Bertz CT molecular complexity index is 185. The summed E-state index contributed by atoms with van der Waals surface area (Å²) in [6.45, 7) is 3.91. The van der Waals surface area contributed by atoms with E-state index in [9.17, 15) is 8.78 Å². The van der Waals surface area contributed by atoms with Crippen LogP contribution in [-0.4, -0.2) is 57.8 Å². The number of hydrogen-bond donors (Lipinski definition) is 1. The van der Waals surface area contributed by atoms with E-state index in [1.54, 1.807) is 0 Å². The topological polar surface area (TPSA) is 24.5 Å². The van der Waals surface area contributed by atoms with Gasteiger partial charge in [0, 0.05) is 13.1 Å². The van der Waals surface area contributed by atoms with Crippen molar-refractivity contribution in [1.82, 2.24) is 10.2 Å². The minimum Gasteiger partial charge on any atom is -0.374 e. The van der Waals surface area contributed by atoms with E-state index in [-0.39, 0.29) is 12.4 Å². The van der Waals surface area contributed by atoms with Gasteiger partial charge in [-0.3, -0.25) is 0 Å². The van der Waals surface area contributed by atoms with Gasteiger partial charge in [0.2, 0.25) is 0 Å². The Morgan fingerprint density at radius 1 is 1.47 bits per heavy atom. The van der Waals surface area contributed by atoms with Gasteiger partial charge in [-0.15, -0.1) is 12.4 Å². The fraction of sp³-hybridized carbons (Fsp3) is 1.00. The molecule has 1 atom stereocenters. The molecule has 1 aliphatic rings. The van der Waals surface area contributed by atoms with Gasteiger partial charge in [-0.2, -0.15) is 0 Å². The molecule has 0 aromatic carbocycles. The van der Waals surface area contributed by atoms with E-state index in [1.807, 2.05) is 7.05 Å². The van der Waals surface area contributed by atoms with Gasteiger partial charge in [-0.1, -0.05) is 0 Å². The molecule has 3 nitrogen and oxygen atoms in total. The van der Waals surface area contributed by atoms with Gasteiger partial charge >= 0.3 is 0 Å². The van der Waals surface area contributed by atoms with Gasteiger partial charge in [-0.05, 0) is 38.9 Å². The first kappa shape index (κ1) is 17.0. The minimum atomic E-state index is -2.35. The Hall–Kier alpha value is 0.0300. The third kappa shape index (κ3) is 7.86. The minimum absolute atomic E-state index is 0. The quantitative estimate of drug-likeness (QED) is 0.713. The molecule has 1 N–H and O–H groups in total. The standard InChI is InChI=1S/C11H22F2N2O.ClH/c1-14-7-10-3-2-4-15(8-10)5-6-16-9-11(12)13;/h10-11,14H,2-9H2,1H3;1H. The molecule has 0 saturated carbocycles. The highest BCUT2D eigenvalue weighted by molar-refractivity contribution is 5.85. The first-order chi connectivity index (χ1) is 7.72. The lowest BCUT2D eigenvalue weighted by Gasteiger charge is -2.32. The van der Waals surface area contributed by atoms with Gasteiger partial charge in [0.15, 0.2) is 0 Å². The molecule has 0 aromatic rings. The molecule has 1 fully saturated rings. The maximum atomic E-state index is 11.8. The molecule has 6 heteroatoms. The average molecular weight is 273 g/mol. The first-order valence-corrected chi connectivity index (χ1v) is 5.95. The summed E-state index contributed by atoms with van der Waals surface area (Å²) in [4.78, 5) is 2.30. The highest BCUT2D eigenvalue weighted by Gasteiger charge is 2.18. The molecule has 1 unspecified atom stereocenters. The number of alkyl halides is 2. The Labute approximate surface area is 108 Å². The Kier molecular flexibility index (Phi) is 10.0. The molecule has 0 radical (unpaired) electrons. The molecule has 1 aliphatic heterocycles. The van der Waals surface area contributed by atoms with Crippen LogP contribution in [-0.2, 0) is 4.74 Å². The van der Waals surface area contributed by atoms with Gasteiger partial charge < -0.3 is 15.0 Å². The summed E-state index contributed by atoms with van der Waals surface area (Å²) in [5.41, 5.74) is 0. The van der Waals surface area contributed by atoms with Crippen molar-refractivity contribution >= 4 is 12.4 Å². The van der Waals surface area contributed by atoms with Crippen molar-refractivity contribution in [2.45, 2.75) is 19.3 Å². The van der Waals surface area contributed by atoms with Gasteiger partial charge in [0.25, 0.3) is 6.43 Å². The zero-order valence-corrected chi connectivity index (χ0v) is 11.1. The molecule has 0 spiro atoms. The predicted molar refractivity (Wildman–Crippen MR) is 67.2 cm³/mol. The molecule has 0 amide bonds. The number of likely N-dealkylation sites (tertiary alicyclic amines) is 1. The lowest BCUT2D eigenvalue weighted by molar-refractivity contribution is 0.00625. The summed E-state index contributed by atoms with van der Waals surface area (Å²) in [5.74, 6) is 0.689. The molecule has 0 aromatic heterocycles. The van der Waals surface area contributed by atoms with Crippen molar-refractivity contribution in [3.63, 3.8) is 0 Å². The lowest BCUT2D eigenvalue weighted by atomic mass is 9.98. The molecule has 1 rings (SSSR count). The highest BCUT2D eigenvalue weighted by atomic mass is 35.5. The number of nitrogens with zero attached hydrogens (tertiary/aromatic N) is 1. The second kappa shape index (κ2) is 10.00. The van der Waals surface area contributed by atoms with Crippen LogP contribution < -0.4 is 5.32 Å². The maximum Gasteiger partial charge on any atom is 0.261 e. The molecule has 0 bridgehead atoms. The monoisotopic (exact) mass is 272 g/mol. The van der Waals surface area contributed by atoms with Crippen LogP contribution in [0.25, 0.3) is 0 Å². The van der Waals surface area contributed by atoms with Crippen molar-refractivity contribution < 1.29 is 13.5 Å². The van der Waals surface area contributed by atoms with Crippen LogP contribution in [0.5, 0.6) is 0 Å². The van der Waals surface area contributed by atoms with E-state index < -0.39 is 13.0 Å². The Morgan fingerprint density at radius 3 is 2.88 bits per heavy atom. The van der Waals surface area contributed by atoms with Gasteiger partial charge in [0.05, 0.1) is 6.61 Å². The third-order valence-electron chi connectivity index (χ3n) is 2.89. The first-order valence-electron chi connectivity index (χ1n) is 5.95. The summed E-state index contributed by atoms with van der Waals surface area (Å²) in [6.07, 6.45) is 0.106. The van der Waals surface area contributed by atoms with Crippen molar-refractivity contribution in [1.29, 1.82) is 0 Å². The van der Waals surface area contributed by atoms with Crippen LogP contribution in [0.1, 0.15) is 12.8 Å². The predicted octanol–water partition coefficient (Wildman–Crippen LogP) is 1.62. The van der Waals surface area contributed by atoms with E-state index in [4.69, 9.17) is 4.74 Å². The summed E-state index contributed by atoms with van der Waals surface area (Å²) in [7, 11) is 1.96. The highest BCUT2D eigenvalue weighted by Crippen LogP contribution is 2.15. The van der Waals surface area contributed by atoms with Crippen LogP contribution in [0.3, 0.4) is 0 Å². The second-order valence-electron chi connectivity index (χ2n) is 4.33. The number of ether oxygens (including phenoxy) is 1. The zero-order valence-electron chi connectivity index (χ0n) is 10.3.